The van der Waals surface area contributed by atoms with Gasteiger partial charge < -0.3 is 18.9 Å². The van der Waals surface area contributed by atoms with Crippen LogP contribution in [0.1, 0.15) is 24.0 Å². The number of carbonyl (C=O) groups is 1. The van der Waals surface area contributed by atoms with E-state index in [-0.39, 0.29) is 12.4 Å². The zero-order chi connectivity index (χ0) is 23.5. The Balaban J connectivity index is 1.56. The van der Waals surface area contributed by atoms with Gasteiger partial charge in [0, 0.05) is 12.0 Å². The number of allylic oxidation sites excluding steroid dienone is 1. The molecular weight excluding hydrogens is 418 g/mol. The van der Waals surface area contributed by atoms with Crippen molar-refractivity contribution >= 4 is 17.6 Å². The Morgan fingerprint density at radius 2 is 1.67 bits per heavy atom. The first-order valence-corrected chi connectivity index (χ1v) is 10.5. The molecule has 0 amide bonds. The van der Waals surface area contributed by atoms with Crippen molar-refractivity contribution in [2.24, 2.45) is 0 Å². The lowest BCUT2D eigenvalue weighted by Crippen LogP contribution is -2.10. The van der Waals surface area contributed by atoms with Crippen molar-refractivity contribution in [3.8, 4) is 29.1 Å². The van der Waals surface area contributed by atoms with Crippen molar-refractivity contribution in [3.05, 3.63) is 83.9 Å². The zero-order valence-corrected chi connectivity index (χ0v) is 18.6. The minimum atomic E-state index is -0.348. The normalized spacial score (nSPS) is 10.8. The molecule has 6 heteroatoms. The molecule has 0 bridgehead atoms. The lowest BCUT2D eigenvalue weighted by atomic mass is 10.0. The van der Waals surface area contributed by atoms with Crippen molar-refractivity contribution in [2.75, 3.05) is 20.8 Å². The fourth-order valence-electron chi connectivity index (χ4n) is 3.13. The molecular formula is C27H25NO5. The Bertz CT molecular complexity index is 1150. The van der Waals surface area contributed by atoms with Crippen molar-refractivity contribution < 1.29 is 23.7 Å². The van der Waals surface area contributed by atoms with Crippen LogP contribution in [0.5, 0.6) is 23.0 Å². The Kier molecular flexibility index (Phi) is 8.49. The summed E-state index contributed by atoms with van der Waals surface area (Å²) in [5, 5.41) is 9.63. The molecule has 3 aromatic rings. The van der Waals surface area contributed by atoms with Gasteiger partial charge in [-0.1, -0.05) is 24.3 Å². The zero-order valence-electron chi connectivity index (χ0n) is 18.6. The van der Waals surface area contributed by atoms with Gasteiger partial charge in [0.1, 0.15) is 23.0 Å². The lowest BCUT2D eigenvalue weighted by Gasteiger charge is -2.08. The molecule has 0 saturated heterocycles. The van der Waals surface area contributed by atoms with E-state index in [0.717, 1.165) is 11.3 Å². The molecule has 0 saturated carbocycles. The molecule has 0 heterocycles. The summed E-state index contributed by atoms with van der Waals surface area (Å²) in [6.07, 6.45) is 2.48. The summed E-state index contributed by atoms with van der Waals surface area (Å²) in [5.41, 5.74) is 1.89. The summed E-state index contributed by atoms with van der Waals surface area (Å²) in [4.78, 5) is 12.2. The van der Waals surface area contributed by atoms with E-state index in [1.807, 2.05) is 48.5 Å². The largest absolute Gasteiger partial charge is 0.497 e. The van der Waals surface area contributed by atoms with Crippen LogP contribution in [0.25, 0.3) is 11.6 Å². The number of esters is 1. The van der Waals surface area contributed by atoms with Gasteiger partial charge >= 0.3 is 5.97 Å². The smallest absolute Gasteiger partial charge is 0.311 e. The Morgan fingerprint density at radius 1 is 0.909 bits per heavy atom. The minimum Gasteiger partial charge on any atom is -0.497 e. The van der Waals surface area contributed by atoms with Crippen LogP contribution in [0.4, 0.5) is 0 Å². The molecule has 0 unspecified atom stereocenters. The lowest BCUT2D eigenvalue weighted by molar-refractivity contribution is -0.134. The van der Waals surface area contributed by atoms with Crippen LogP contribution in [0.3, 0.4) is 0 Å². The molecule has 6 nitrogen and oxygen atoms in total. The van der Waals surface area contributed by atoms with Gasteiger partial charge in [0.05, 0.1) is 32.5 Å². The first-order valence-electron chi connectivity index (χ1n) is 10.5. The predicted molar refractivity (Wildman–Crippen MR) is 126 cm³/mol. The summed E-state index contributed by atoms with van der Waals surface area (Å²) in [5.74, 6) is 2.16. The molecule has 0 aliphatic heterocycles. The summed E-state index contributed by atoms with van der Waals surface area (Å²) < 4.78 is 21.5. The van der Waals surface area contributed by atoms with E-state index in [4.69, 9.17) is 18.9 Å². The van der Waals surface area contributed by atoms with E-state index < -0.39 is 0 Å². The Morgan fingerprint density at radius 3 is 2.39 bits per heavy atom. The number of nitriles is 1. The van der Waals surface area contributed by atoms with Crippen molar-refractivity contribution in [1.82, 2.24) is 0 Å². The summed E-state index contributed by atoms with van der Waals surface area (Å²) in [7, 11) is 3.17. The first kappa shape index (κ1) is 23.4. The number of carbonyl (C=O) groups excluding carboxylic acids is 1. The first-order chi connectivity index (χ1) is 16.1. The number of benzene rings is 3. The van der Waals surface area contributed by atoms with E-state index in [0.29, 0.717) is 41.4 Å². The quantitative estimate of drug-likeness (QED) is 0.135. The van der Waals surface area contributed by atoms with Crippen LogP contribution in [-0.4, -0.2) is 26.8 Å². The maximum atomic E-state index is 12.2. The highest BCUT2D eigenvalue weighted by atomic mass is 16.5. The number of hydrogen-bond donors (Lipinski definition) is 0. The molecule has 3 aromatic carbocycles. The number of nitrogens with zero attached hydrogens (tertiary/aromatic N) is 1. The molecule has 168 valence electrons. The standard InChI is InChI=1S/C27H25NO5/c1-30-22-12-14-23(15-13-22)32-16-6-11-27(29)33-24-8-5-7-20(18-24)17-21(19-28)25-9-3-4-10-26(25)31-2/h3-5,7-10,12-15,17-18H,6,11,16H2,1-2H3/b21-17-. The van der Waals surface area contributed by atoms with E-state index in [2.05, 4.69) is 6.07 Å². The SMILES string of the molecule is COc1ccc(OCCCC(=O)Oc2cccc(/C=C(/C#N)c3ccccc3OC)c2)cc1. The molecule has 0 atom stereocenters. The van der Waals surface area contributed by atoms with Crippen molar-refractivity contribution in [1.29, 1.82) is 5.26 Å². The van der Waals surface area contributed by atoms with Crippen LogP contribution < -0.4 is 18.9 Å². The third kappa shape index (κ3) is 6.88. The van der Waals surface area contributed by atoms with Gasteiger partial charge in [0.2, 0.25) is 0 Å². The van der Waals surface area contributed by atoms with Crippen LogP contribution in [0.2, 0.25) is 0 Å². The molecule has 33 heavy (non-hydrogen) atoms. The van der Waals surface area contributed by atoms with Crippen LogP contribution >= 0.6 is 0 Å². The highest BCUT2D eigenvalue weighted by molar-refractivity contribution is 5.91. The second-order valence-corrected chi connectivity index (χ2v) is 7.04. The van der Waals surface area contributed by atoms with E-state index in [1.54, 1.807) is 44.6 Å². The molecule has 0 aliphatic carbocycles. The highest BCUT2D eigenvalue weighted by Gasteiger charge is 2.09. The molecule has 0 aliphatic rings. The van der Waals surface area contributed by atoms with Gasteiger partial charge in [-0.3, -0.25) is 4.79 Å². The third-order valence-electron chi connectivity index (χ3n) is 4.77. The molecule has 3 rings (SSSR count). The number of rotatable bonds is 10. The van der Waals surface area contributed by atoms with Gasteiger partial charge in [-0.2, -0.15) is 5.26 Å². The van der Waals surface area contributed by atoms with Gasteiger partial charge in [0.15, 0.2) is 0 Å². The Hall–Kier alpha value is -4.24. The minimum absolute atomic E-state index is 0.223. The molecule has 0 aromatic heterocycles. The maximum absolute atomic E-state index is 12.2. The fraction of sp³-hybridized carbons (Fsp3) is 0.185. The number of ether oxygens (including phenoxy) is 4. The molecule has 0 radical (unpaired) electrons. The summed E-state index contributed by atoms with van der Waals surface area (Å²) >= 11 is 0. The van der Waals surface area contributed by atoms with Crippen molar-refractivity contribution in [3.63, 3.8) is 0 Å². The number of hydrogen-bond acceptors (Lipinski definition) is 6. The fourth-order valence-corrected chi connectivity index (χ4v) is 3.13. The van der Waals surface area contributed by atoms with E-state index in [9.17, 15) is 10.1 Å². The summed E-state index contributed by atoms with van der Waals surface area (Å²) in [6.45, 7) is 0.397. The van der Waals surface area contributed by atoms with Gasteiger partial charge in [0.25, 0.3) is 0 Å². The topological polar surface area (TPSA) is 77.8 Å². The molecule has 0 N–H and O–H groups in total. The maximum Gasteiger partial charge on any atom is 0.311 e. The second kappa shape index (κ2) is 12.0. The average Bonchev–Trinajstić information content (AvgIpc) is 2.85. The number of methoxy groups -OCH3 is 2. The average molecular weight is 443 g/mol. The van der Waals surface area contributed by atoms with E-state index >= 15 is 0 Å². The van der Waals surface area contributed by atoms with E-state index in [1.165, 1.54) is 0 Å². The third-order valence-corrected chi connectivity index (χ3v) is 4.77. The molecule has 0 fully saturated rings. The van der Waals surface area contributed by atoms with Crippen molar-refractivity contribution in [2.45, 2.75) is 12.8 Å². The van der Waals surface area contributed by atoms with Crippen LogP contribution in [-0.2, 0) is 4.79 Å². The van der Waals surface area contributed by atoms with Gasteiger partial charge in [-0.05, 0) is 66.6 Å². The molecule has 0 spiro atoms. The Labute approximate surface area is 193 Å². The highest BCUT2D eigenvalue weighted by Crippen LogP contribution is 2.27. The van der Waals surface area contributed by atoms with Gasteiger partial charge in [-0.25, -0.2) is 0 Å². The number of para-hydroxylation sites is 1. The monoisotopic (exact) mass is 443 g/mol. The van der Waals surface area contributed by atoms with Crippen LogP contribution in [0, 0.1) is 11.3 Å². The summed E-state index contributed by atoms with van der Waals surface area (Å²) in [6, 6.07) is 23.8. The van der Waals surface area contributed by atoms with Crippen LogP contribution in [0.15, 0.2) is 72.8 Å². The second-order valence-electron chi connectivity index (χ2n) is 7.04. The van der Waals surface area contributed by atoms with Gasteiger partial charge in [-0.15, -0.1) is 0 Å². The predicted octanol–water partition coefficient (Wildman–Crippen LogP) is 5.53.